The average Bonchev–Trinajstić information content (AvgIpc) is 2.39. The van der Waals surface area contributed by atoms with Crippen molar-refractivity contribution in [1.82, 2.24) is 5.32 Å². The van der Waals surface area contributed by atoms with Crippen molar-refractivity contribution in [2.45, 2.75) is 52.0 Å². The topological polar surface area (TPSA) is 75.3 Å². The Labute approximate surface area is 115 Å². The smallest absolute Gasteiger partial charge is 0.253 e. The number of anilines is 1. The van der Waals surface area contributed by atoms with Gasteiger partial charge in [-0.3, -0.25) is 4.79 Å². The number of nitrogens with two attached hydrogens (primary N) is 1. The second-order valence-electron chi connectivity index (χ2n) is 4.87. The molecule has 0 aliphatic heterocycles. The molecule has 1 atom stereocenters. The van der Waals surface area contributed by atoms with E-state index in [0.717, 1.165) is 32.1 Å². The number of rotatable bonds is 7. The molecule has 4 heteroatoms. The Hall–Kier alpha value is -1.71. The Kier molecular flexibility index (Phi) is 6.19. The predicted molar refractivity (Wildman–Crippen MR) is 78.2 cm³/mol. The van der Waals surface area contributed by atoms with E-state index in [1.54, 1.807) is 6.07 Å². The van der Waals surface area contributed by atoms with Crippen LogP contribution in [-0.4, -0.2) is 17.1 Å². The molecule has 1 aromatic carbocycles. The lowest BCUT2D eigenvalue weighted by Crippen LogP contribution is -2.35. The first-order valence-corrected chi connectivity index (χ1v) is 6.97. The number of amides is 1. The van der Waals surface area contributed by atoms with Crippen molar-refractivity contribution in [1.29, 1.82) is 0 Å². The first-order valence-electron chi connectivity index (χ1n) is 6.97. The standard InChI is InChI=1S/C15H24N2O2/c1-3-5-7-11(6-4-2)17-15(19)13-10-12(18)8-9-14(13)16/h8-11,18H,3-7,16H2,1-2H3,(H,17,19). The molecule has 1 rings (SSSR count). The average molecular weight is 264 g/mol. The summed E-state index contributed by atoms with van der Waals surface area (Å²) in [7, 11) is 0. The van der Waals surface area contributed by atoms with Gasteiger partial charge in [-0.15, -0.1) is 0 Å². The lowest BCUT2D eigenvalue weighted by atomic mass is 10.0. The van der Waals surface area contributed by atoms with Gasteiger partial charge in [0.15, 0.2) is 0 Å². The zero-order valence-electron chi connectivity index (χ0n) is 11.8. The Morgan fingerprint density at radius 3 is 2.68 bits per heavy atom. The monoisotopic (exact) mass is 264 g/mol. The molecule has 0 fully saturated rings. The summed E-state index contributed by atoms with van der Waals surface area (Å²) in [5.74, 6) is -0.150. The maximum absolute atomic E-state index is 12.2. The molecule has 0 spiro atoms. The van der Waals surface area contributed by atoms with Crippen molar-refractivity contribution in [2.24, 2.45) is 0 Å². The highest BCUT2D eigenvalue weighted by Crippen LogP contribution is 2.19. The van der Waals surface area contributed by atoms with Crippen molar-refractivity contribution in [3.8, 4) is 5.75 Å². The number of hydrogen-bond donors (Lipinski definition) is 3. The lowest BCUT2D eigenvalue weighted by molar-refractivity contribution is 0.0932. The molecule has 1 amide bonds. The van der Waals surface area contributed by atoms with E-state index in [9.17, 15) is 9.90 Å². The van der Waals surface area contributed by atoms with Crippen molar-refractivity contribution in [2.75, 3.05) is 5.73 Å². The van der Waals surface area contributed by atoms with Crippen LogP contribution in [0, 0.1) is 0 Å². The van der Waals surface area contributed by atoms with Crippen LogP contribution in [0.5, 0.6) is 5.75 Å². The molecule has 0 saturated heterocycles. The number of carbonyl (C=O) groups is 1. The van der Waals surface area contributed by atoms with Gasteiger partial charge < -0.3 is 16.2 Å². The normalized spacial score (nSPS) is 12.1. The largest absolute Gasteiger partial charge is 0.508 e. The summed E-state index contributed by atoms with van der Waals surface area (Å²) in [5.41, 5.74) is 6.50. The minimum atomic E-state index is -0.206. The van der Waals surface area contributed by atoms with Crippen molar-refractivity contribution in [3.63, 3.8) is 0 Å². The molecular weight excluding hydrogens is 240 g/mol. The molecule has 0 aliphatic rings. The zero-order valence-corrected chi connectivity index (χ0v) is 11.8. The molecule has 19 heavy (non-hydrogen) atoms. The number of carbonyl (C=O) groups excluding carboxylic acids is 1. The Morgan fingerprint density at radius 1 is 1.32 bits per heavy atom. The summed E-state index contributed by atoms with van der Waals surface area (Å²) in [6.07, 6.45) is 5.19. The van der Waals surface area contributed by atoms with Crippen LogP contribution in [0.4, 0.5) is 5.69 Å². The minimum Gasteiger partial charge on any atom is -0.508 e. The summed E-state index contributed by atoms with van der Waals surface area (Å²) in [6.45, 7) is 4.24. The fraction of sp³-hybridized carbons (Fsp3) is 0.533. The molecule has 0 aromatic heterocycles. The van der Waals surface area contributed by atoms with Gasteiger partial charge >= 0.3 is 0 Å². The van der Waals surface area contributed by atoms with E-state index in [2.05, 4.69) is 19.2 Å². The molecule has 0 saturated carbocycles. The number of nitrogens with one attached hydrogen (secondary N) is 1. The number of aromatic hydroxyl groups is 1. The minimum absolute atomic E-state index is 0.0555. The van der Waals surface area contributed by atoms with Crippen LogP contribution < -0.4 is 11.1 Å². The molecule has 0 radical (unpaired) electrons. The highest BCUT2D eigenvalue weighted by Gasteiger charge is 2.15. The Morgan fingerprint density at radius 2 is 2.05 bits per heavy atom. The van der Waals surface area contributed by atoms with E-state index in [-0.39, 0.29) is 17.7 Å². The fourth-order valence-corrected chi connectivity index (χ4v) is 2.09. The van der Waals surface area contributed by atoms with Gasteiger partial charge in [0.25, 0.3) is 5.91 Å². The number of benzene rings is 1. The van der Waals surface area contributed by atoms with Gasteiger partial charge in [-0.25, -0.2) is 0 Å². The Bertz CT molecular complexity index is 419. The maximum Gasteiger partial charge on any atom is 0.253 e. The van der Waals surface area contributed by atoms with Crippen LogP contribution in [0.1, 0.15) is 56.3 Å². The van der Waals surface area contributed by atoms with Crippen LogP contribution in [0.15, 0.2) is 18.2 Å². The quantitative estimate of drug-likeness (QED) is 0.523. The van der Waals surface area contributed by atoms with Crippen LogP contribution in [0.2, 0.25) is 0 Å². The van der Waals surface area contributed by atoms with Crippen LogP contribution in [0.25, 0.3) is 0 Å². The first kappa shape index (κ1) is 15.3. The number of phenolic OH excluding ortho intramolecular Hbond substituents is 1. The van der Waals surface area contributed by atoms with E-state index >= 15 is 0 Å². The van der Waals surface area contributed by atoms with E-state index in [0.29, 0.717) is 11.3 Å². The van der Waals surface area contributed by atoms with Gasteiger partial charge in [-0.05, 0) is 31.0 Å². The van der Waals surface area contributed by atoms with Crippen molar-refractivity contribution < 1.29 is 9.90 Å². The lowest BCUT2D eigenvalue weighted by Gasteiger charge is -2.18. The van der Waals surface area contributed by atoms with Crippen molar-refractivity contribution >= 4 is 11.6 Å². The highest BCUT2D eigenvalue weighted by molar-refractivity contribution is 5.99. The van der Waals surface area contributed by atoms with Crippen LogP contribution >= 0.6 is 0 Å². The van der Waals surface area contributed by atoms with Gasteiger partial charge in [0, 0.05) is 11.7 Å². The fourth-order valence-electron chi connectivity index (χ4n) is 2.09. The number of nitrogen functional groups attached to an aromatic ring is 1. The number of hydrogen-bond acceptors (Lipinski definition) is 3. The second-order valence-corrected chi connectivity index (χ2v) is 4.87. The summed E-state index contributed by atoms with van der Waals surface area (Å²) < 4.78 is 0. The second kappa shape index (κ2) is 7.67. The van der Waals surface area contributed by atoms with E-state index < -0.39 is 0 Å². The molecule has 1 unspecified atom stereocenters. The van der Waals surface area contributed by atoms with E-state index in [1.807, 2.05) is 0 Å². The summed E-state index contributed by atoms with van der Waals surface area (Å²) >= 11 is 0. The van der Waals surface area contributed by atoms with Crippen LogP contribution in [-0.2, 0) is 0 Å². The third-order valence-electron chi connectivity index (χ3n) is 3.16. The number of unbranched alkanes of at least 4 members (excludes halogenated alkanes) is 1. The summed E-state index contributed by atoms with van der Waals surface area (Å²) in [5, 5.41) is 12.4. The molecular formula is C15H24N2O2. The predicted octanol–water partition coefficient (Wildman–Crippen LogP) is 3.06. The molecule has 4 N–H and O–H groups in total. The van der Waals surface area contributed by atoms with Crippen LogP contribution in [0.3, 0.4) is 0 Å². The van der Waals surface area contributed by atoms with Gasteiger partial charge in [-0.2, -0.15) is 0 Å². The third-order valence-corrected chi connectivity index (χ3v) is 3.16. The van der Waals surface area contributed by atoms with E-state index in [1.165, 1.54) is 12.1 Å². The van der Waals surface area contributed by atoms with Crippen molar-refractivity contribution in [3.05, 3.63) is 23.8 Å². The van der Waals surface area contributed by atoms with Gasteiger partial charge in [0.2, 0.25) is 0 Å². The van der Waals surface area contributed by atoms with Gasteiger partial charge in [-0.1, -0.05) is 33.1 Å². The first-order chi connectivity index (χ1) is 9.08. The molecule has 0 aliphatic carbocycles. The molecule has 1 aromatic rings. The van der Waals surface area contributed by atoms with Gasteiger partial charge in [0.1, 0.15) is 5.75 Å². The van der Waals surface area contributed by atoms with E-state index in [4.69, 9.17) is 5.73 Å². The number of phenols is 1. The molecule has 106 valence electrons. The Balaban J connectivity index is 2.72. The molecule has 0 bridgehead atoms. The third kappa shape index (κ3) is 4.81. The molecule has 0 heterocycles. The van der Waals surface area contributed by atoms with Gasteiger partial charge in [0.05, 0.1) is 5.56 Å². The highest BCUT2D eigenvalue weighted by atomic mass is 16.3. The maximum atomic E-state index is 12.2. The SMILES string of the molecule is CCCCC(CCC)NC(=O)c1cc(O)ccc1N. The molecule has 4 nitrogen and oxygen atoms in total. The zero-order chi connectivity index (χ0) is 14.3. The summed E-state index contributed by atoms with van der Waals surface area (Å²) in [4.78, 5) is 12.2. The summed E-state index contributed by atoms with van der Waals surface area (Å²) in [6, 6.07) is 4.62.